The lowest BCUT2D eigenvalue weighted by atomic mass is 10.3. The fraction of sp³-hybridized carbons (Fsp3) is 0.308. The van der Waals surface area contributed by atoms with E-state index in [0.29, 0.717) is 21.1 Å². The molecule has 0 saturated heterocycles. The lowest BCUT2D eigenvalue weighted by Crippen LogP contribution is -2.16. The van der Waals surface area contributed by atoms with Gasteiger partial charge in [0.25, 0.3) is 0 Å². The topological polar surface area (TPSA) is 64.1 Å². The van der Waals surface area contributed by atoms with E-state index in [2.05, 4.69) is 15.5 Å². The van der Waals surface area contributed by atoms with E-state index in [1.165, 1.54) is 23.1 Å². The van der Waals surface area contributed by atoms with Crippen molar-refractivity contribution in [1.29, 1.82) is 0 Å². The van der Waals surface area contributed by atoms with Gasteiger partial charge in [0.15, 0.2) is 4.34 Å². The van der Waals surface area contributed by atoms with Crippen molar-refractivity contribution in [3.8, 4) is 0 Å². The molecule has 0 aliphatic carbocycles. The molecule has 1 aromatic carbocycles. The van der Waals surface area contributed by atoms with Crippen LogP contribution in [-0.4, -0.2) is 28.0 Å². The van der Waals surface area contributed by atoms with Crippen LogP contribution in [0.3, 0.4) is 0 Å². The molecule has 0 radical (unpaired) electrons. The lowest BCUT2D eigenvalue weighted by molar-refractivity contribution is -0.142. The van der Waals surface area contributed by atoms with Crippen LogP contribution >= 0.6 is 34.7 Å². The first-order chi connectivity index (χ1) is 10.1. The van der Waals surface area contributed by atoms with Gasteiger partial charge in [-0.15, -0.1) is 10.2 Å². The van der Waals surface area contributed by atoms with Gasteiger partial charge in [-0.05, 0) is 38.1 Å². The molecule has 0 bridgehead atoms. The molecule has 112 valence electrons. The molecule has 0 spiro atoms. The van der Waals surface area contributed by atoms with E-state index >= 15 is 0 Å². The number of nitrogens with zero attached hydrogens (tertiary/aromatic N) is 2. The summed E-state index contributed by atoms with van der Waals surface area (Å²) >= 11 is 8.55. The number of rotatable bonds is 6. The highest BCUT2D eigenvalue weighted by Gasteiger charge is 2.18. The largest absolute Gasteiger partial charge is 0.465 e. The van der Waals surface area contributed by atoms with Gasteiger partial charge >= 0.3 is 5.97 Å². The average molecular weight is 344 g/mol. The smallest absolute Gasteiger partial charge is 0.319 e. The first-order valence-corrected chi connectivity index (χ1v) is 8.35. The molecule has 1 heterocycles. The minimum absolute atomic E-state index is 0.245. The molecule has 0 fully saturated rings. The van der Waals surface area contributed by atoms with E-state index in [4.69, 9.17) is 16.3 Å². The first-order valence-electron chi connectivity index (χ1n) is 6.28. The Morgan fingerprint density at radius 3 is 2.81 bits per heavy atom. The van der Waals surface area contributed by atoms with Gasteiger partial charge in [-0.2, -0.15) is 0 Å². The molecule has 2 aromatic rings. The summed E-state index contributed by atoms with van der Waals surface area (Å²) in [5.74, 6) is -0.245. The number of carbonyl (C=O) groups is 1. The molecule has 21 heavy (non-hydrogen) atoms. The van der Waals surface area contributed by atoms with Crippen molar-refractivity contribution < 1.29 is 9.53 Å². The summed E-state index contributed by atoms with van der Waals surface area (Å²) in [5, 5.41) is 12.3. The quantitative estimate of drug-likeness (QED) is 0.632. The number of thioether (sulfide) groups is 1. The monoisotopic (exact) mass is 343 g/mol. The normalized spacial score (nSPS) is 12.0. The maximum absolute atomic E-state index is 11.6. The van der Waals surface area contributed by atoms with Gasteiger partial charge in [-0.1, -0.05) is 34.7 Å². The van der Waals surface area contributed by atoms with Gasteiger partial charge in [0, 0.05) is 10.7 Å². The predicted molar refractivity (Wildman–Crippen MR) is 86.6 cm³/mol. The van der Waals surface area contributed by atoms with Crippen LogP contribution in [0.5, 0.6) is 0 Å². The zero-order valence-electron chi connectivity index (χ0n) is 11.5. The number of ether oxygens (including phenoxy) is 1. The third-order valence-electron chi connectivity index (χ3n) is 2.40. The molecule has 1 atom stereocenters. The van der Waals surface area contributed by atoms with E-state index in [1.807, 2.05) is 12.1 Å². The number of hydrogen-bond acceptors (Lipinski definition) is 7. The molecule has 0 amide bonds. The fourth-order valence-electron chi connectivity index (χ4n) is 1.42. The Morgan fingerprint density at radius 1 is 1.43 bits per heavy atom. The highest BCUT2D eigenvalue weighted by Crippen LogP contribution is 2.30. The van der Waals surface area contributed by atoms with E-state index < -0.39 is 0 Å². The van der Waals surface area contributed by atoms with Gasteiger partial charge < -0.3 is 10.1 Å². The summed E-state index contributed by atoms with van der Waals surface area (Å²) in [6.07, 6.45) is 0. The standard InChI is InChI=1S/C13H14ClN3O2S2/c1-3-19-11(18)8(2)20-13-17-16-12(21-13)15-10-6-4-9(14)5-7-10/h4-8H,3H2,1-2H3,(H,15,16)/t8-/m0/s1. The zero-order valence-corrected chi connectivity index (χ0v) is 13.9. The summed E-state index contributed by atoms with van der Waals surface area (Å²) in [7, 11) is 0. The minimum atomic E-state index is -0.304. The Labute approximate surface area is 136 Å². The maximum Gasteiger partial charge on any atom is 0.319 e. The van der Waals surface area contributed by atoms with Crippen LogP contribution in [0.1, 0.15) is 13.8 Å². The molecular formula is C13H14ClN3O2S2. The lowest BCUT2D eigenvalue weighted by Gasteiger charge is -2.06. The summed E-state index contributed by atoms with van der Waals surface area (Å²) in [4.78, 5) is 11.6. The van der Waals surface area contributed by atoms with Gasteiger partial charge in [0.1, 0.15) is 5.25 Å². The predicted octanol–water partition coefficient (Wildman–Crippen LogP) is 3.98. The van der Waals surface area contributed by atoms with Crippen molar-refractivity contribution >= 4 is 51.5 Å². The third-order valence-corrected chi connectivity index (χ3v) is 4.65. The molecule has 0 aliphatic rings. The summed E-state index contributed by atoms with van der Waals surface area (Å²) in [5.41, 5.74) is 0.880. The second-order valence-corrected chi connectivity index (χ2v) is 7.02. The Kier molecular flexibility index (Phi) is 5.84. The van der Waals surface area contributed by atoms with Gasteiger partial charge in [-0.25, -0.2) is 0 Å². The van der Waals surface area contributed by atoms with Crippen LogP contribution in [-0.2, 0) is 9.53 Å². The van der Waals surface area contributed by atoms with Crippen LogP contribution < -0.4 is 5.32 Å². The van der Waals surface area contributed by atoms with Gasteiger partial charge in [0.05, 0.1) is 6.61 Å². The van der Waals surface area contributed by atoms with Crippen LogP contribution in [0.2, 0.25) is 5.02 Å². The number of hydrogen-bond donors (Lipinski definition) is 1. The Bertz CT molecular complexity index is 604. The molecule has 0 unspecified atom stereocenters. The number of anilines is 2. The van der Waals surface area contributed by atoms with Gasteiger partial charge in [-0.3, -0.25) is 4.79 Å². The van der Waals surface area contributed by atoms with Crippen LogP contribution in [0.4, 0.5) is 10.8 Å². The number of esters is 1. The SMILES string of the molecule is CCOC(=O)[C@H](C)Sc1nnc(Nc2ccc(Cl)cc2)s1. The Morgan fingerprint density at radius 2 is 2.14 bits per heavy atom. The van der Waals surface area contributed by atoms with Crippen LogP contribution in [0.25, 0.3) is 0 Å². The maximum atomic E-state index is 11.6. The van der Waals surface area contributed by atoms with Crippen molar-refractivity contribution in [3.05, 3.63) is 29.3 Å². The van der Waals surface area contributed by atoms with Crippen LogP contribution in [0.15, 0.2) is 28.6 Å². The third kappa shape index (κ3) is 4.87. The Hall–Kier alpha value is -1.31. The number of benzene rings is 1. The molecular weight excluding hydrogens is 330 g/mol. The van der Waals surface area contributed by atoms with Crippen molar-refractivity contribution in [2.24, 2.45) is 0 Å². The van der Waals surface area contributed by atoms with E-state index in [0.717, 1.165) is 5.69 Å². The van der Waals surface area contributed by atoms with Crippen molar-refractivity contribution in [2.75, 3.05) is 11.9 Å². The number of nitrogens with one attached hydrogen (secondary N) is 1. The van der Waals surface area contributed by atoms with E-state index in [9.17, 15) is 4.79 Å². The van der Waals surface area contributed by atoms with E-state index in [1.54, 1.807) is 26.0 Å². The van der Waals surface area contributed by atoms with Crippen molar-refractivity contribution in [1.82, 2.24) is 10.2 Å². The van der Waals surface area contributed by atoms with Crippen molar-refractivity contribution in [2.45, 2.75) is 23.4 Å². The van der Waals surface area contributed by atoms with Gasteiger partial charge in [0.2, 0.25) is 5.13 Å². The molecule has 8 heteroatoms. The molecule has 1 N–H and O–H groups in total. The molecule has 1 aromatic heterocycles. The van der Waals surface area contributed by atoms with Crippen LogP contribution in [0, 0.1) is 0 Å². The summed E-state index contributed by atoms with van der Waals surface area (Å²) in [6.45, 7) is 3.95. The first kappa shape index (κ1) is 16.1. The summed E-state index contributed by atoms with van der Waals surface area (Å²) < 4.78 is 5.67. The van der Waals surface area contributed by atoms with E-state index in [-0.39, 0.29) is 11.2 Å². The molecule has 0 aliphatic heterocycles. The zero-order chi connectivity index (χ0) is 15.2. The molecule has 5 nitrogen and oxygen atoms in total. The highest BCUT2D eigenvalue weighted by atomic mass is 35.5. The number of halogens is 1. The minimum Gasteiger partial charge on any atom is -0.465 e. The highest BCUT2D eigenvalue weighted by molar-refractivity contribution is 8.02. The molecule has 2 rings (SSSR count). The number of aromatic nitrogens is 2. The second-order valence-electron chi connectivity index (χ2n) is 4.02. The number of carbonyl (C=O) groups excluding carboxylic acids is 1. The second kappa shape index (κ2) is 7.63. The fourth-order valence-corrected chi connectivity index (χ4v) is 3.46. The Balaban J connectivity index is 1.95. The van der Waals surface area contributed by atoms with Crippen molar-refractivity contribution in [3.63, 3.8) is 0 Å². The average Bonchev–Trinajstić information content (AvgIpc) is 2.89. The molecule has 0 saturated carbocycles. The summed E-state index contributed by atoms with van der Waals surface area (Å²) in [6, 6.07) is 7.31.